The molecular weight excluding hydrogens is 222 g/mol. The summed E-state index contributed by atoms with van der Waals surface area (Å²) in [7, 11) is 1.90. The van der Waals surface area contributed by atoms with E-state index in [1.807, 2.05) is 7.05 Å². The Bertz CT molecular complexity index is 544. The maximum absolute atomic E-state index is 4.65. The summed E-state index contributed by atoms with van der Waals surface area (Å²) < 4.78 is 0. The molecule has 0 fully saturated rings. The van der Waals surface area contributed by atoms with Crippen molar-refractivity contribution in [3.05, 3.63) is 41.2 Å². The summed E-state index contributed by atoms with van der Waals surface area (Å²) >= 11 is 0. The minimum absolute atomic E-state index is 0.841. The number of hydrogen-bond donors (Lipinski definition) is 1. The van der Waals surface area contributed by atoms with Gasteiger partial charge in [0.05, 0.1) is 5.69 Å². The van der Waals surface area contributed by atoms with Gasteiger partial charge in [0.1, 0.15) is 11.6 Å². The molecule has 0 saturated carbocycles. The number of anilines is 1. The summed E-state index contributed by atoms with van der Waals surface area (Å²) in [6.07, 6.45) is 0.841. The fraction of sp³-hybridized carbons (Fsp3) is 0.333. The van der Waals surface area contributed by atoms with Crippen molar-refractivity contribution in [3.8, 4) is 11.3 Å². The predicted molar refractivity (Wildman–Crippen MR) is 75.9 cm³/mol. The number of aryl methyl sites for hydroxylation is 2. The number of aromatic nitrogens is 2. The Labute approximate surface area is 108 Å². The molecule has 3 nitrogen and oxygen atoms in total. The average molecular weight is 241 g/mol. The van der Waals surface area contributed by atoms with Crippen LogP contribution >= 0.6 is 0 Å². The van der Waals surface area contributed by atoms with Gasteiger partial charge in [0.25, 0.3) is 0 Å². The Balaban J connectivity index is 2.58. The third-order valence-electron chi connectivity index (χ3n) is 3.07. The summed E-state index contributed by atoms with van der Waals surface area (Å²) in [5.41, 5.74) is 4.52. The second-order valence-corrected chi connectivity index (χ2v) is 4.43. The minimum Gasteiger partial charge on any atom is -0.373 e. The molecule has 0 bridgehead atoms. The van der Waals surface area contributed by atoms with E-state index in [1.165, 1.54) is 5.56 Å². The van der Waals surface area contributed by atoms with Gasteiger partial charge in [-0.25, -0.2) is 9.97 Å². The molecule has 1 heterocycles. The molecule has 0 atom stereocenters. The van der Waals surface area contributed by atoms with Crippen LogP contribution in [0.15, 0.2) is 24.3 Å². The van der Waals surface area contributed by atoms with Crippen molar-refractivity contribution in [1.29, 1.82) is 0 Å². The summed E-state index contributed by atoms with van der Waals surface area (Å²) in [6, 6.07) is 8.45. The third kappa shape index (κ3) is 2.35. The van der Waals surface area contributed by atoms with Crippen molar-refractivity contribution in [1.82, 2.24) is 9.97 Å². The minimum atomic E-state index is 0.841. The van der Waals surface area contributed by atoms with Crippen LogP contribution in [0.1, 0.15) is 23.9 Å². The molecule has 0 aliphatic carbocycles. The second kappa shape index (κ2) is 5.17. The van der Waals surface area contributed by atoms with E-state index in [4.69, 9.17) is 0 Å². The van der Waals surface area contributed by atoms with Crippen LogP contribution in [0.5, 0.6) is 0 Å². The molecule has 94 valence electrons. The highest BCUT2D eigenvalue weighted by atomic mass is 15.0. The molecule has 0 saturated heterocycles. The van der Waals surface area contributed by atoms with Gasteiger partial charge >= 0.3 is 0 Å². The molecule has 0 aliphatic heterocycles. The van der Waals surface area contributed by atoms with Crippen molar-refractivity contribution in [2.24, 2.45) is 0 Å². The van der Waals surface area contributed by atoms with E-state index in [9.17, 15) is 0 Å². The topological polar surface area (TPSA) is 37.8 Å². The van der Waals surface area contributed by atoms with Crippen molar-refractivity contribution >= 4 is 5.82 Å². The van der Waals surface area contributed by atoms with Crippen LogP contribution in [0.2, 0.25) is 0 Å². The molecule has 3 heteroatoms. The number of nitrogens with zero attached hydrogens (tertiary/aromatic N) is 2. The Morgan fingerprint density at radius 2 is 1.72 bits per heavy atom. The van der Waals surface area contributed by atoms with E-state index in [2.05, 4.69) is 60.3 Å². The molecule has 0 aliphatic rings. The van der Waals surface area contributed by atoms with Crippen LogP contribution in [-0.4, -0.2) is 17.0 Å². The highest BCUT2D eigenvalue weighted by molar-refractivity contribution is 5.68. The maximum Gasteiger partial charge on any atom is 0.132 e. The molecule has 0 radical (unpaired) electrons. The first-order valence-electron chi connectivity index (χ1n) is 6.28. The molecule has 2 aromatic rings. The van der Waals surface area contributed by atoms with Gasteiger partial charge in [-0.2, -0.15) is 0 Å². The first-order chi connectivity index (χ1) is 8.65. The molecular formula is C15H19N3. The van der Waals surface area contributed by atoms with Gasteiger partial charge in [0, 0.05) is 24.6 Å². The zero-order chi connectivity index (χ0) is 13.1. The van der Waals surface area contributed by atoms with Crippen LogP contribution in [0.4, 0.5) is 5.82 Å². The Kier molecular flexibility index (Phi) is 3.60. The van der Waals surface area contributed by atoms with Gasteiger partial charge in [-0.15, -0.1) is 0 Å². The van der Waals surface area contributed by atoms with Crippen molar-refractivity contribution in [3.63, 3.8) is 0 Å². The van der Waals surface area contributed by atoms with E-state index in [-0.39, 0.29) is 0 Å². The van der Waals surface area contributed by atoms with Gasteiger partial charge in [-0.3, -0.25) is 0 Å². The first kappa shape index (κ1) is 12.6. The average Bonchev–Trinajstić information content (AvgIpc) is 2.40. The monoisotopic (exact) mass is 241 g/mol. The van der Waals surface area contributed by atoms with Crippen LogP contribution in [0.3, 0.4) is 0 Å². The quantitative estimate of drug-likeness (QED) is 0.895. The van der Waals surface area contributed by atoms with Crippen molar-refractivity contribution < 1.29 is 0 Å². The van der Waals surface area contributed by atoms with E-state index >= 15 is 0 Å². The fourth-order valence-electron chi connectivity index (χ4n) is 1.96. The maximum atomic E-state index is 4.65. The summed E-state index contributed by atoms with van der Waals surface area (Å²) in [4.78, 5) is 9.14. The van der Waals surface area contributed by atoms with Gasteiger partial charge in [-0.1, -0.05) is 36.8 Å². The normalized spacial score (nSPS) is 10.4. The summed E-state index contributed by atoms with van der Waals surface area (Å²) in [6.45, 7) is 6.22. The second-order valence-electron chi connectivity index (χ2n) is 4.43. The lowest BCUT2D eigenvalue weighted by Crippen LogP contribution is -2.04. The van der Waals surface area contributed by atoms with Crippen LogP contribution in [-0.2, 0) is 6.42 Å². The largest absolute Gasteiger partial charge is 0.373 e. The first-order valence-corrected chi connectivity index (χ1v) is 6.28. The zero-order valence-electron chi connectivity index (χ0n) is 11.4. The Hall–Kier alpha value is -1.90. The molecule has 0 unspecified atom stereocenters. The van der Waals surface area contributed by atoms with Gasteiger partial charge < -0.3 is 5.32 Å². The van der Waals surface area contributed by atoms with Gasteiger partial charge in [-0.05, 0) is 13.8 Å². The number of benzene rings is 1. The van der Waals surface area contributed by atoms with Crippen LogP contribution in [0.25, 0.3) is 11.3 Å². The number of rotatable bonds is 3. The van der Waals surface area contributed by atoms with Gasteiger partial charge in [0.15, 0.2) is 0 Å². The molecule has 1 N–H and O–H groups in total. The number of hydrogen-bond acceptors (Lipinski definition) is 3. The van der Waals surface area contributed by atoms with Crippen LogP contribution in [0, 0.1) is 13.8 Å². The smallest absolute Gasteiger partial charge is 0.132 e. The lowest BCUT2D eigenvalue weighted by Gasteiger charge is -2.12. The third-order valence-corrected chi connectivity index (χ3v) is 3.07. The summed E-state index contributed by atoms with van der Waals surface area (Å²) in [5, 5.41) is 3.14. The van der Waals surface area contributed by atoms with Crippen LogP contribution < -0.4 is 5.32 Å². The lowest BCUT2D eigenvalue weighted by atomic mass is 10.1. The molecule has 1 aromatic heterocycles. The SMILES string of the molecule is CCc1nc(NC)c(C)c(-c2ccc(C)cc2)n1. The van der Waals surface area contributed by atoms with Gasteiger partial charge in [0.2, 0.25) is 0 Å². The highest BCUT2D eigenvalue weighted by Crippen LogP contribution is 2.25. The van der Waals surface area contributed by atoms with E-state index in [0.29, 0.717) is 0 Å². The molecule has 2 rings (SSSR count). The van der Waals surface area contributed by atoms with Crippen molar-refractivity contribution in [2.75, 3.05) is 12.4 Å². The molecule has 0 amide bonds. The predicted octanol–water partition coefficient (Wildman–Crippen LogP) is 3.36. The van der Waals surface area contributed by atoms with Crippen molar-refractivity contribution in [2.45, 2.75) is 27.2 Å². The molecule has 0 spiro atoms. The highest BCUT2D eigenvalue weighted by Gasteiger charge is 2.10. The number of nitrogens with one attached hydrogen (secondary N) is 1. The van der Waals surface area contributed by atoms with E-state index < -0.39 is 0 Å². The fourth-order valence-corrected chi connectivity index (χ4v) is 1.96. The standard InChI is InChI=1S/C15H19N3/c1-5-13-17-14(11(3)15(16-4)18-13)12-8-6-10(2)7-9-12/h6-9H,5H2,1-4H3,(H,16,17,18). The van der Waals surface area contributed by atoms with E-state index in [1.54, 1.807) is 0 Å². The molecule has 18 heavy (non-hydrogen) atoms. The lowest BCUT2D eigenvalue weighted by molar-refractivity contribution is 0.936. The summed E-state index contributed by atoms with van der Waals surface area (Å²) in [5.74, 6) is 1.79. The Morgan fingerprint density at radius 1 is 1.06 bits per heavy atom. The zero-order valence-corrected chi connectivity index (χ0v) is 11.4. The Morgan fingerprint density at radius 3 is 2.28 bits per heavy atom. The van der Waals surface area contributed by atoms with E-state index in [0.717, 1.165) is 34.9 Å². The molecule has 1 aromatic carbocycles.